The molecule has 2 heterocycles. The highest BCUT2D eigenvalue weighted by Gasteiger charge is 2.20. The number of allylic oxidation sites excluding steroid dienone is 3. The summed E-state index contributed by atoms with van der Waals surface area (Å²) in [5, 5.41) is 1.14. The lowest BCUT2D eigenvalue weighted by Crippen LogP contribution is -2.49. The van der Waals surface area contributed by atoms with Gasteiger partial charge in [0.15, 0.2) is 6.61 Å². The summed E-state index contributed by atoms with van der Waals surface area (Å²) in [6, 6.07) is 5.98. The highest BCUT2D eigenvalue weighted by atomic mass is 16.5. The standard InChI is InChI=1S/C23H32N4O2/c1-3-4-5-6-11-26-12-14-27(15-13-26)23(28)18-29-20-7-8-22-21(16-20)19(9-10-24)17-25(22)2/h3-8,16-17H,9-15,18,24H2,1-2H3/b4-3-,6-5-. The predicted octanol–water partition coefficient (Wildman–Crippen LogP) is 2.33. The smallest absolute Gasteiger partial charge is 0.260 e. The van der Waals surface area contributed by atoms with Gasteiger partial charge in [0.1, 0.15) is 5.75 Å². The molecule has 156 valence electrons. The van der Waals surface area contributed by atoms with Gasteiger partial charge in [-0.15, -0.1) is 0 Å². The molecule has 0 atom stereocenters. The second kappa shape index (κ2) is 10.3. The van der Waals surface area contributed by atoms with E-state index in [9.17, 15) is 4.79 Å². The fraction of sp³-hybridized carbons (Fsp3) is 0.435. The minimum atomic E-state index is 0.0458. The van der Waals surface area contributed by atoms with Gasteiger partial charge in [0.05, 0.1) is 0 Å². The number of ether oxygens (including phenoxy) is 1. The van der Waals surface area contributed by atoms with Crippen LogP contribution < -0.4 is 10.5 Å². The second-order valence-electron chi connectivity index (χ2n) is 7.41. The molecule has 1 aromatic heterocycles. The summed E-state index contributed by atoms with van der Waals surface area (Å²) in [6.45, 7) is 6.90. The van der Waals surface area contributed by atoms with Crippen LogP contribution in [0.5, 0.6) is 5.75 Å². The molecular formula is C23H32N4O2. The zero-order chi connectivity index (χ0) is 20.6. The Kier molecular flexibility index (Phi) is 7.49. The van der Waals surface area contributed by atoms with Crippen LogP contribution in [-0.4, -0.2) is 66.1 Å². The van der Waals surface area contributed by atoms with Crippen LogP contribution >= 0.6 is 0 Å². The summed E-state index contributed by atoms with van der Waals surface area (Å²) in [6.07, 6.45) is 11.2. The van der Waals surface area contributed by atoms with Crippen LogP contribution in [0.3, 0.4) is 0 Å². The minimum absolute atomic E-state index is 0.0458. The fourth-order valence-electron chi connectivity index (χ4n) is 3.71. The molecule has 3 rings (SSSR count). The highest BCUT2D eigenvalue weighted by Crippen LogP contribution is 2.26. The molecule has 0 unspecified atom stereocenters. The molecule has 29 heavy (non-hydrogen) atoms. The first kappa shape index (κ1) is 21.1. The van der Waals surface area contributed by atoms with Gasteiger partial charge in [-0.2, -0.15) is 0 Å². The number of nitrogens with zero attached hydrogens (tertiary/aromatic N) is 3. The number of hydrogen-bond donors (Lipinski definition) is 1. The number of hydrogen-bond acceptors (Lipinski definition) is 4. The molecule has 1 amide bonds. The Bertz CT molecular complexity index is 876. The SMILES string of the molecule is C/C=C\C=C/CN1CCN(C(=O)COc2ccc3c(c2)c(CCN)cn3C)CC1. The molecule has 0 aliphatic carbocycles. The number of aromatic nitrogens is 1. The average Bonchev–Trinajstić information content (AvgIpc) is 3.05. The molecule has 2 aromatic rings. The third kappa shape index (κ3) is 5.49. The molecule has 1 aromatic carbocycles. The van der Waals surface area contributed by atoms with E-state index in [0.717, 1.165) is 55.8 Å². The van der Waals surface area contributed by atoms with Crippen LogP contribution in [0.2, 0.25) is 0 Å². The molecule has 6 heteroatoms. The molecule has 0 bridgehead atoms. The van der Waals surface area contributed by atoms with Gasteiger partial charge in [0.25, 0.3) is 5.91 Å². The van der Waals surface area contributed by atoms with Crippen LogP contribution in [0.1, 0.15) is 12.5 Å². The number of amides is 1. The van der Waals surface area contributed by atoms with Crippen LogP contribution in [0, 0.1) is 0 Å². The first-order valence-electron chi connectivity index (χ1n) is 10.3. The number of carbonyl (C=O) groups excluding carboxylic acids is 1. The predicted molar refractivity (Wildman–Crippen MR) is 118 cm³/mol. The summed E-state index contributed by atoms with van der Waals surface area (Å²) in [5.41, 5.74) is 8.08. The average molecular weight is 397 g/mol. The summed E-state index contributed by atoms with van der Waals surface area (Å²) in [4.78, 5) is 16.8. The number of aryl methyl sites for hydroxylation is 1. The van der Waals surface area contributed by atoms with Crippen LogP contribution in [0.4, 0.5) is 0 Å². The number of piperazine rings is 1. The van der Waals surface area contributed by atoms with Gasteiger partial charge in [0, 0.05) is 56.9 Å². The quantitative estimate of drug-likeness (QED) is 0.696. The second-order valence-corrected chi connectivity index (χ2v) is 7.41. The van der Waals surface area contributed by atoms with E-state index in [4.69, 9.17) is 10.5 Å². The maximum atomic E-state index is 12.6. The Morgan fingerprint density at radius 3 is 2.72 bits per heavy atom. The van der Waals surface area contributed by atoms with E-state index in [1.54, 1.807) is 0 Å². The first-order chi connectivity index (χ1) is 14.1. The topological polar surface area (TPSA) is 63.7 Å². The van der Waals surface area contributed by atoms with E-state index < -0.39 is 0 Å². The molecule has 1 aliphatic rings. The number of rotatable bonds is 8. The first-order valence-corrected chi connectivity index (χ1v) is 10.3. The van der Waals surface area contributed by atoms with E-state index in [-0.39, 0.29) is 12.5 Å². The molecule has 0 saturated carbocycles. The summed E-state index contributed by atoms with van der Waals surface area (Å²) in [7, 11) is 2.03. The van der Waals surface area contributed by atoms with Gasteiger partial charge in [-0.25, -0.2) is 0 Å². The largest absolute Gasteiger partial charge is 0.484 e. The van der Waals surface area contributed by atoms with Crippen molar-refractivity contribution in [2.24, 2.45) is 12.8 Å². The summed E-state index contributed by atoms with van der Waals surface area (Å²) < 4.78 is 7.93. The molecule has 1 saturated heterocycles. The molecule has 6 nitrogen and oxygen atoms in total. The van der Waals surface area contributed by atoms with Crippen molar-refractivity contribution >= 4 is 16.8 Å². The van der Waals surface area contributed by atoms with Crippen LogP contribution in [0.25, 0.3) is 10.9 Å². The Balaban J connectivity index is 1.51. The van der Waals surface area contributed by atoms with Gasteiger partial charge < -0.3 is 19.9 Å². The summed E-state index contributed by atoms with van der Waals surface area (Å²) >= 11 is 0. The van der Waals surface area contributed by atoms with Crippen molar-refractivity contribution < 1.29 is 9.53 Å². The van der Waals surface area contributed by atoms with E-state index in [0.29, 0.717) is 6.54 Å². The van der Waals surface area contributed by atoms with E-state index in [1.165, 1.54) is 5.56 Å². The zero-order valence-electron chi connectivity index (χ0n) is 17.5. The Morgan fingerprint density at radius 1 is 1.21 bits per heavy atom. The van der Waals surface area contributed by atoms with Gasteiger partial charge in [-0.1, -0.05) is 24.3 Å². The van der Waals surface area contributed by atoms with Crippen molar-refractivity contribution in [1.29, 1.82) is 0 Å². The van der Waals surface area contributed by atoms with E-state index in [2.05, 4.69) is 27.8 Å². The maximum absolute atomic E-state index is 12.6. The van der Waals surface area contributed by atoms with Crippen molar-refractivity contribution in [2.45, 2.75) is 13.3 Å². The number of nitrogens with two attached hydrogens (primary N) is 1. The highest BCUT2D eigenvalue weighted by molar-refractivity contribution is 5.85. The molecule has 1 fully saturated rings. The lowest BCUT2D eigenvalue weighted by atomic mass is 10.1. The lowest BCUT2D eigenvalue weighted by Gasteiger charge is -2.34. The number of carbonyl (C=O) groups is 1. The Morgan fingerprint density at radius 2 is 2.00 bits per heavy atom. The minimum Gasteiger partial charge on any atom is -0.484 e. The van der Waals surface area contributed by atoms with Crippen molar-refractivity contribution in [3.63, 3.8) is 0 Å². The monoisotopic (exact) mass is 396 g/mol. The van der Waals surface area contributed by atoms with E-state index >= 15 is 0 Å². The van der Waals surface area contributed by atoms with Gasteiger partial charge in [-0.3, -0.25) is 9.69 Å². The lowest BCUT2D eigenvalue weighted by molar-refractivity contribution is -0.135. The van der Waals surface area contributed by atoms with Gasteiger partial charge in [0.2, 0.25) is 0 Å². The Hall–Kier alpha value is -2.57. The Labute approximate surface area is 173 Å². The van der Waals surface area contributed by atoms with Crippen molar-refractivity contribution in [3.05, 3.63) is 54.3 Å². The third-order valence-corrected chi connectivity index (χ3v) is 5.35. The molecular weight excluding hydrogens is 364 g/mol. The van der Waals surface area contributed by atoms with E-state index in [1.807, 2.05) is 49.2 Å². The maximum Gasteiger partial charge on any atom is 0.260 e. The van der Waals surface area contributed by atoms with Crippen molar-refractivity contribution in [2.75, 3.05) is 45.9 Å². The van der Waals surface area contributed by atoms with Crippen molar-refractivity contribution in [1.82, 2.24) is 14.4 Å². The molecule has 0 spiro atoms. The molecule has 1 aliphatic heterocycles. The van der Waals surface area contributed by atoms with Crippen molar-refractivity contribution in [3.8, 4) is 5.75 Å². The summed E-state index contributed by atoms with van der Waals surface area (Å²) in [5.74, 6) is 0.771. The normalized spacial score (nSPS) is 15.8. The van der Waals surface area contributed by atoms with Crippen LogP contribution in [-0.2, 0) is 18.3 Å². The van der Waals surface area contributed by atoms with Crippen LogP contribution in [0.15, 0.2) is 48.7 Å². The van der Waals surface area contributed by atoms with Gasteiger partial charge >= 0.3 is 0 Å². The molecule has 2 N–H and O–H groups in total. The third-order valence-electron chi connectivity index (χ3n) is 5.35. The molecule has 0 radical (unpaired) electrons. The fourth-order valence-corrected chi connectivity index (χ4v) is 3.71. The number of benzene rings is 1. The zero-order valence-corrected chi connectivity index (χ0v) is 17.5. The van der Waals surface area contributed by atoms with Gasteiger partial charge in [-0.05, 0) is 43.7 Å². The number of fused-ring (bicyclic) bond motifs is 1.